The normalized spacial score (nSPS) is 13.1. The molecule has 0 saturated carbocycles. The lowest BCUT2D eigenvalue weighted by Crippen LogP contribution is -2.35. The van der Waals surface area contributed by atoms with Crippen molar-refractivity contribution in [2.45, 2.75) is 31.2 Å². The highest BCUT2D eigenvalue weighted by Crippen LogP contribution is 2.25. The third kappa shape index (κ3) is 3.56. The summed E-state index contributed by atoms with van der Waals surface area (Å²) in [6, 6.07) is 1.79. The van der Waals surface area contributed by atoms with Gasteiger partial charge in [0.25, 0.3) is 5.91 Å². The first-order valence-electron chi connectivity index (χ1n) is 5.88. The SMILES string of the molecule is CCC(C)N(C)C(=O)c1cc(S(N)(=O)=O)c(Br)cc1F. The van der Waals surface area contributed by atoms with Crippen molar-refractivity contribution in [1.82, 2.24) is 4.90 Å². The molecular formula is C12H16BrFN2O3S. The molecule has 0 aromatic heterocycles. The van der Waals surface area contributed by atoms with Crippen LogP contribution in [0.5, 0.6) is 0 Å². The number of primary sulfonamides is 1. The van der Waals surface area contributed by atoms with Crippen LogP contribution in [-0.4, -0.2) is 32.3 Å². The summed E-state index contributed by atoms with van der Waals surface area (Å²) in [6.07, 6.45) is 0.697. The van der Waals surface area contributed by atoms with Crippen LogP contribution in [0.2, 0.25) is 0 Å². The van der Waals surface area contributed by atoms with Crippen molar-refractivity contribution in [2.75, 3.05) is 7.05 Å². The van der Waals surface area contributed by atoms with Crippen molar-refractivity contribution in [2.24, 2.45) is 5.14 Å². The van der Waals surface area contributed by atoms with Crippen molar-refractivity contribution < 1.29 is 17.6 Å². The molecule has 1 amide bonds. The Kier molecular flexibility index (Phi) is 5.28. The van der Waals surface area contributed by atoms with Crippen LogP contribution < -0.4 is 5.14 Å². The van der Waals surface area contributed by atoms with Crippen molar-refractivity contribution >= 4 is 31.9 Å². The Morgan fingerprint density at radius 2 is 2.05 bits per heavy atom. The van der Waals surface area contributed by atoms with Crippen LogP contribution >= 0.6 is 15.9 Å². The third-order valence-corrected chi connectivity index (χ3v) is 5.00. The Bertz CT molecular complexity index is 634. The van der Waals surface area contributed by atoms with Gasteiger partial charge >= 0.3 is 0 Å². The van der Waals surface area contributed by atoms with Crippen LogP contribution in [0.15, 0.2) is 21.5 Å². The molecule has 1 rings (SSSR count). The van der Waals surface area contributed by atoms with Gasteiger partial charge in [-0.15, -0.1) is 0 Å². The largest absolute Gasteiger partial charge is 0.339 e. The van der Waals surface area contributed by atoms with Gasteiger partial charge in [-0.1, -0.05) is 6.92 Å². The number of amides is 1. The molecule has 0 aliphatic rings. The summed E-state index contributed by atoms with van der Waals surface area (Å²) in [4.78, 5) is 13.2. The molecule has 0 spiro atoms. The Hall–Kier alpha value is -0.990. The minimum absolute atomic E-state index is 0.0137. The zero-order valence-corrected chi connectivity index (χ0v) is 13.8. The molecule has 0 heterocycles. The van der Waals surface area contributed by atoms with Gasteiger partial charge in [0, 0.05) is 17.6 Å². The van der Waals surface area contributed by atoms with Crippen molar-refractivity contribution in [3.63, 3.8) is 0 Å². The Balaban J connectivity index is 3.36. The molecule has 0 radical (unpaired) electrons. The van der Waals surface area contributed by atoms with E-state index >= 15 is 0 Å². The summed E-state index contributed by atoms with van der Waals surface area (Å²) in [6.45, 7) is 3.71. The Morgan fingerprint density at radius 3 is 2.50 bits per heavy atom. The second-order valence-electron chi connectivity index (χ2n) is 4.48. The van der Waals surface area contributed by atoms with E-state index in [1.807, 2.05) is 13.8 Å². The van der Waals surface area contributed by atoms with Gasteiger partial charge < -0.3 is 4.90 Å². The van der Waals surface area contributed by atoms with Crippen molar-refractivity contribution in [3.8, 4) is 0 Å². The average molecular weight is 367 g/mol. The van der Waals surface area contributed by atoms with E-state index in [9.17, 15) is 17.6 Å². The monoisotopic (exact) mass is 366 g/mol. The first-order valence-corrected chi connectivity index (χ1v) is 8.22. The molecule has 0 aliphatic heterocycles. The van der Waals surface area contributed by atoms with Gasteiger partial charge in [-0.3, -0.25) is 4.79 Å². The molecule has 0 saturated heterocycles. The molecule has 1 unspecified atom stereocenters. The summed E-state index contributed by atoms with van der Waals surface area (Å²) in [7, 11) is -2.51. The molecule has 5 nitrogen and oxygen atoms in total. The number of hydrogen-bond donors (Lipinski definition) is 1. The fraction of sp³-hybridized carbons (Fsp3) is 0.417. The lowest BCUT2D eigenvalue weighted by molar-refractivity contribution is 0.0735. The highest BCUT2D eigenvalue weighted by atomic mass is 79.9. The van der Waals surface area contributed by atoms with Gasteiger partial charge in [-0.05, 0) is 41.4 Å². The second-order valence-corrected chi connectivity index (χ2v) is 6.86. The van der Waals surface area contributed by atoms with Crippen LogP contribution in [0.1, 0.15) is 30.6 Å². The van der Waals surface area contributed by atoms with Crippen molar-refractivity contribution in [1.29, 1.82) is 0 Å². The van der Waals surface area contributed by atoms with Crippen LogP contribution in [0.3, 0.4) is 0 Å². The van der Waals surface area contributed by atoms with Gasteiger partial charge in [0.05, 0.1) is 10.5 Å². The lowest BCUT2D eigenvalue weighted by atomic mass is 10.1. The second kappa shape index (κ2) is 6.19. The van der Waals surface area contributed by atoms with E-state index in [-0.39, 0.29) is 21.0 Å². The number of carbonyl (C=O) groups is 1. The number of hydrogen-bond acceptors (Lipinski definition) is 3. The summed E-state index contributed by atoms with van der Waals surface area (Å²) >= 11 is 2.92. The van der Waals surface area contributed by atoms with Crippen LogP contribution in [0.25, 0.3) is 0 Å². The van der Waals surface area contributed by atoms with E-state index in [1.54, 1.807) is 0 Å². The van der Waals surface area contributed by atoms with Gasteiger partial charge in [0.1, 0.15) is 5.82 Å². The molecule has 8 heteroatoms. The van der Waals surface area contributed by atoms with Gasteiger partial charge in [-0.2, -0.15) is 0 Å². The average Bonchev–Trinajstić information content (AvgIpc) is 2.34. The van der Waals surface area contributed by atoms with Gasteiger partial charge in [0.2, 0.25) is 10.0 Å². The molecule has 0 bridgehead atoms. The van der Waals surface area contributed by atoms with E-state index in [2.05, 4.69) is 15.9 Å². The highest BCUT2D eigenvalue weighted by molar-refractivity contribution is 9.10. The maximum atomic E-state index is 13.9. The minimum atomic E-state index is -4.04. The molecule has 0 fully saturated rings. The minimum Gasteiger partial charge on any atom is -0.339 e. The topological polar surface area (TPSA) is 80.5 Å². The number of nitrogens with zero attached hydrogens (tertiary/aromatic N) is 1. The molecule has 1 aromatic rings. The number of nitrogens with two attached hydrogens (primary N) is 1. The molecule has 1 atom stereocenters. The maximum absolute atomic E-state index is 13.9. The number of benzene rings is 1. The predicted molar refractivity (Wildman–Crippen MR) is 77.3 cm³/mol. The summed E-state index contributed by atoms with van der Waals surface area (Å²) in [5.74, 6) is -1.39. The fourth-order valence-corrected chi connectivity index (χ4v) is 3.18. The zero-order chi connectivity index (χ0) is 15.7. The fourth-order valence-electron chi connectivity index (χ4n) is 1.58. The summed E-state index contributed by atoms with van der Waals surface area (Å²) in [5, 5.41) is 5.03. The van der Waals surface area contributed by atoms with Crippen LogP contribution in [0.4, 0.5) is 4.39 Å². The molecule has 0 aliphatic carbocycles. The highest BCUT2D eigenvalue weighted by Gasteiger charge is 2.24. The van der Waals surface area contributed by atoms with E-state index in [0.717, 1.165) is 12.1 Å². The van der Waals surface area contributed by atoms with Crippen LogP contribution in [-0.2, 0) is 10.0 Å². The van der Waals surface area contributed by atoms with E-state index in [0.29, 0.717) is 6.42 Å². The number of rotatable bonds is 4. The lowest BCUT2D eigenvalue weighted by Gasteiger charge is -2.24. The first-order chi connectivity index (χ1) is 9.09. The quantitative estimate of drug-likeness (QED) is 0.885. The number of sulfonamides is 1. The van der Waals surface area contributed by atoms with Crippen molar-refractivity contribution in [3.05, 3.63) is 28.0 Å². The smallest absolute Gasteiger partial charge is 0.256 e. The Morgan fingerprint density at radius 1 is 1.50 bits per heavy atom. The van der Waals surface area contributed by atoms with Gasteiger partial charge in [-0.25, -0.2) is 17.9 Å². The molecule has 20 heavy (non-hydrogen) atoms. The maximum Gasteiger partial charge on any atom is 0.256 e. The Labute approximate surface area is 126 Å². The van der Waals surface area contributed by atoms with E-state index in [4.69, 9.17) is 5.14 Å². The number of carbonyl (C=O) groups excluding carboxylic acids is 1. The number of halogens is 2. The summed E-state index contributed by atoms with van der Waals surface area (Å²) < 4.78 is 36.7. The predicted octanol–water partition coefficient (Wildman–Crippen LogP) is 2.11. The first kappa shape index (κ1) is 17.1. The van der Waals surface area contributed by atoms with E-state index in [1.165, 1.54) is 11.9 Å². The third-order valence-electron chi connectivity index (χ3n) is 3.13. The zero-order valence-electron chi connectivity index (χ0n) is 11.4. The molecule has 1 aromatic carbocycles. The van der Waals surface area contributed by atoms with E-state index < -0.39 is 21.7 Å². The molecule has 112 valence electrons. The van der Waals surface area contributed by atoms with Crippen LogP contribution in [0, 0.1) is 5.82 Å². The summed E-state index contributed by atoms with van der Waals surface area (Å²) in [5.41, 5.74) is -0.319. The molecular weight excluding hydrogens is 351 g/mol. The standard InChI is InChI=1S/C12H16BrFN2O3S/c1-4-7(2)16(3)12(17)8-5-11(20(15,18)19)9(13)6-10(8)14/h5-7H,4H2,1-3H3,(H2,15,18,19). The van der Waals surface area contributed by atoms with Gasteiger partial charge in [0.15, 0.2) is 0 Å². The molecule has 2 N–H and O–H groups in total.